The van der Waals surface area contributed by atoms with Crippen LogP contribution in [0.25, 0.3) is 42.5 Å². The second-order valence-electron chi connectivity index (χ2n) is 7.71. The van der Waals surface area contributed by atoms with E-state index >= 15 is 0 Å². The normalized spacial score (nSPS) is 12.0. The number of carbonyl (C=O) groups excluding carboxylic acids is 1. The summed E-state index contributed by atoms with van der Waals surface area (Å²) in [5, 5.41) is 8.31. The Balaban J connectivity index is 1.55. The smallest absolute Gasteiger partial charge is 0.271 e. The molecule has 2 aromatic heterocycles. The van der Waals surface area contributed by atoms with Crippen molar-refractivity contribution in [2.75, 3.05) is 0 Å². The van der Waals surface area contributed by atoms with Crippen LogP contribution in [0.15, 0.2) is 105 Å². The van der Waals surface area contributed by atoms with Crippen LogP contribution in [0.5, 0.6) is 0 Å². The van der Waals surface area contributed by atoms with Gasteiger partial charge in [0.1, 0.15) is 10.6 Å². The predicted octanol–water partition coefficient (Wildman–Crippen LogP) is 6.87. The minimum absolute atomic E-state index is 0.296. The molecule has 7 heteroatoms. The van der Waals surface area contributed by atoms with Crippen LogP contribution in [0.4, 0.5) is 0 Å². The van der Waals surface area contributed by atoms with Gasteiger partial charge >= 0.3 is 0 Å². The van der Waals surface area contributed by atoms with Crippen molar-refractivity contribution < 1.29 is 9.21 Å². The Bertz CT molecular complexity index is 1760. The number of thiazole rings is 1. The maximum Gasteiger partial charge on any atom is 0.271 e. The number of amides is 1. The number of fused-ring (bicyclic) bond motifs is 4. The molecule has 0 unspecified atom stereocenters. The SMILES string of the molecule is O=C(N/N=c1/oc2ccc3ccccc3c2cc1-c1nc2ccccc2s1)c1cccc(Br)c1. The van der Waals surface area contributed by atoms with Gasteiger partial charge in [-0.25, -0.2) is 10.4 Å². The van der Waals surface area contributed by atoms with E-state index in [4.69, 9.17) is 9.40 Å². The molecule has 34 heavy (non-hydrogen) atoms. The summed E-state index contributed by atoms with van der Waals surface area (Å²) in [6.45, 7) is 0. The van der Waals surface area contributed by atoms with Gasteiger partial charge in [0, 0.05) is 15.4 Å². The number of halogens is 1. The number of rotatable bonds is 3. The molecule has 1 amide bonds. The van der Waals surface area contributed by atoms with E-state index in [0.29, 0.717) is 16.7 Å². The molecule has 164 valence electrons. The van der Waals surface area contributed by atoms with E-state index in [1.807, 2.05) is 60.7 Å². The van der Waals surface area contributed by atoms with Crippen molar-refractivity contribution in [2.24, 2.45) is 5.10 Å². The molecule has 0 spiro atoms. The largest absolute Gasteiger partial charge is 0.436 e. The Hall–Kier alpha value is -3.81. The highest BCUT2D eigenvalue weighted by molar-refractivity contribution is 9.10. The van der Waals surface area contributed by atoms with Crippen LogP contribution < -0.4 is 11.0 Å². The maximum absolute atomic E-state index is 12.7. The minimum Gasteiger partial charge on any atom is -0.436 e. The number of nitrogens with zero attached hydrogens (tertiary/aromatic N) is 2. The van der Waals surface area contributed by atoms with E-state index in [1.165, 1.54) is 0 Å². The molecule has 0 aliphatic carbocycles. The van der Waals surface area contributed by atoms with Crippen molar-refractivity contribution in [2.45, 2.75) is 0 Å². The first-order valence-electron chi connectivity index (χ1n) is 10.6. The number of carbonyl (C=O) groups is 1. The van der Waals surface area contributed by atoms with Crippen molar-refractivity contribution in [1.82, 2.24) is 10.4 Å². The molecule has 5 nitrogen and oxygen atoms in total. The summed E-state index contributed by atoms with van der Waals surface area (Å²) >= 11 is 4.96. The Kier molecular flexibility index (Phi) is 5.20. The van der Waals surface area contributed by atoms with Gasteiger partial charge in [-0.05, 0) is 53.2 Å². The third kappa shape index (κ3) is 3.79. The monoisotopic (exact) mass is 525 g/mol. The summed E-state index contributed by atoms with van der Waals surface area (Å²) < 4.78 is 8.12. The minimum atomic E-state index is -0.328. The molecule has 0 fully saturated rings. The van der Waals surface area contributed by atoms with Gasteiger partial charge in [-0.1, -0.05) is 64.5 Å². The second-order valence-corrected chi connectivity index (χ2v) is 9.66. The van der Waals surface area contributed by atoms with Gasteiger partial charge in [-0.15, -0.1) is 16.4 Å². The van der Waals surface area contributed by atoms with Crippen LogP contribution in [0.1, 0.15) is 10.4 Å². The van der Waals surface area contributed by atoms with Crippen LogP contribution >= 0.6 is 27.3 Å². The van der Waals surface area contributed by atoms with Crippen LogP contribution in [0.2, 0.25) is 0 Å². The van der Waals surface area contributed by atoms with Crippen LogP contribution in [0.3, 0.4) is 0 Å². The Morgan fingerprint density at radius 1 is 0.912 bits per heavy atom. The Morgan fingerprint density at radius 2 is 1.76 bits per heavy atom. The molecule has 0 saturated carbocycles. The van der Waals surface area contributed by atoms with E-state index in [9.17, 15) is 4.79 Å². The molecule has 1 N–H and O–H groups in total. The highest BCUT2D eigenvalue weighted by Crippen LogP contribution is 2.32. The molecular formula is C27H16BrN3O2S. The highest BCUT2D eigenvalue weighted by Gasteiger charge is 2.14. The van der Waals surface area contributed by atoms with Gasteiger partial charge < -0.3 is 4.42 Å². The van der Waals surface area contributed by atoms with Crippen LogP contribution in [-0.4, -0.2) is 10.9 Å². The van der Waals surface area contributed by atoms with Crippen molar-refractivity contribution in [3.63, 3.8) is 0 Å². The maximum atomic E-state index is 12.7. The standard InChI is InChI=1S/C27H16BrN3O2S/c28-18-8-5-7-17(14-18)25(32)30-31-26-21(27-29-22-10-3-4-11-24(22)34-27)15-20-19-9-2-1-6-16(19)12-13-23(20)33-26/h1-15H,(H,30,32)/b31-26+. The fraction of sp³-hybridized carbons (Fsp3) is 0. The summed E-state index contributed by atoms with van der Waals surface area (Å²) in [5.41, 5.74) is 5.73. The molecule has 6 aromatic rings. The highest BCUT2D eigenvalue weighted by atomic mass is 79.9. The third-order valence-corrected chi connectivity index (χ3v) is 7.09. The van der Waals surface area contributed by atoms with Gasteiger partial charge in [0.25, 0.3) is 5.91 Å². The van der Waals surface area contributed by atoms with Gasteiger partial charge in [0.15, 0.2) is 0 Å². The summed E-state index contributed by atoms with van der Waals surface area (Å²) in [5.74, 6) is -0.328. The third-order valence-electron chi connectivity index (χ3n) is 5.53. The lowest BCUT2D eigenvalue weighted by molar-refractivity contribution is 0.0951. The summed E-state index contributed by atoms with van der Waals surface area (Å²) in [6, 6.07) is 29.3. The summed E-state index contributed by atoms with van der Waals surface area (Å²) in [7, 11) is 0. The molecule has 6 rings (SSSR count). The van der Waals surface area contributed by atoms with Gasteiger partial charge in [0.2, 0.25) is 5.55 Å². The zero-order chi connectivity index (χ0) is 23.1. The molecule has 4 aromatic carbocycles. The van der Waals surface area contributed by atoms with Crippen LogP contribution in [-0.2, 0) is 0 Å². The first-order valence-corrected chi connectivity index (χ1v) is 12.2. The lowest BCUT2D eigenvalue weighted by Gasteiger charge is -2.06. The molecule has 0 aliphatic rings. The number of aromatic nitrogens is 1. The molecular weight excluding hydrogens is 510 g/mol. The number of benzene rings is 4. The van der Waals surface area contributed by atoms with Gasteiger partial charge in [-0.2, -0.15) is 0 Å². The number of hydrogen-bond acceptors (Lipinski definition) is 5. The lowest BCUT2D eigenvalue weighted by Crippen LogP contribution is -2.22. The summed E-state index contributed by atoms with van der Waals surface area (Å²) in [4.78, 5) is 17.5. The lowest BCUT2D eigenvalue weighted by atomic mass is 10.0. The number of hydrogen-bond donors (Lipinski definition) is 1. The van der Waals surface area contributed by atoms with Crippen molar-refractivity contribution in [3.05, 3.63) is 107 Å². The average molecular weight is 526 g/mol. The molecule has 0 atom stereocenters. The fourth-order valence-electron chi connectivity index (χ4n) is 3.90. The first kappa shape index (κ1) is 20.8. The molecule has 2 heterocycles. The molecule has 0 saturated heterocycles. The van der Waals surface area contributed by atoms with Crippen molar-refractivity contribution in [1.29, 1.82) is 0 Å². The fourth-order valence-corrected chi connectivity index (χ4v) is 5.27. The van der Waals surface area contributed by atoms with E-state index in [2.05, 4.69) is 38.6 Å². The molecule has 0 radical (unpaired) electrons. The van der Waals surface area contributed by atoms with E-state index in [1.54, 1.807) is 29.5 Å². The van der Waals surface area contributed by atoms with Gasteiger partial charge in [0.05, 0.1) is 15.8 Å². The molecule has 0 bridgehead atoms. The zero-order valence-corrected chi connectivity index (χ0v) is 20.1. The Morgan fingerprint density at radius 3 is 2.65 bits per heavy atom. The second kappa shape index (κ2) is 8.52. The van der Waals surface area contributed by atoms with Gasteiger partial charge in [-0.3, -0.25) is 4.79 Å². The zero-order valence-electron chi connectivity index (χ0n) is 17.7. The topological polar surface area (TPSA) is 67.5 Å². The van der Waals surface area contributed by atoms with Crippen molar-refractivity contribution >= 4 is 65.1 Å². The quantitative estimate of drug-likeness (QED) is 0.202. The summed E-state index contributed by atoms with van der Waals surface area (Å²) in [6.07, 6.45) is 0. The van der Waals surface area contributed by atoms with Crippen molar-refractivity contribution in [3.8, 4) is 10.6 Å². The predicted molar refractivity (Wildman–Crippen MR) is 140 cm³/mol. The Labute approximate surface area is 206 Å². The van der Waals surface area contributed by atoms with Crippen LogP contribution in [0, 0.1) is 0 Å². The van der Waals surface area contributed by atoms with E-state index in [0.717, 1.165) is 41.4 Å². The number of nitrogens with one attached hydrogen (secondary N) is 1. The number of para-hydroxylation sites is 1. The van der Waals surface area contributed by atoms with E-state index in [-0.39, 0.29) is 5.91 Å². The average Bonchev–Trinajstić information content (AvgIpc) is 3.31. The molecule has 0 aliphatic heterocycles. The van der Waals surface area contributed by atoms with E-state index < -0.39 is 0 Å². The first-order chi connectivity index (χ1) is 16.7.